The molecule has 0 atom stereocenters. The number of fused-ring (bicyclic) bond motifs is 1. The number of ether oxygens (including phenoxy) is 1. The summed E-state index contributed by atoms with van der Waals surface area (Å²) in [7, 11) is 1.66. The summed E-state index contributed by atoms with van der Waals surface area (Å²) < 4.78 is 7.28. The van der Waals surface area contributed by atoms with Crippen LogP contribution in [0.1, 0.15) is 18.2 Å². The predicted molar refractivity (Wildman–Crippen MR) is 82.5 cm³/mol. The van der Waals surface area contributed by atoms with E-state index in [9.17, 15) is 5.11 Å². The van der Waals surface area contributed by atoms with E-state index in [1.807, 2.05) is 42.6 Å². The number of methoxy groups -OCH3 is 1. The Hall–Kier alpha value is -2.33. The van der Waals surface area contributed by atoms with Crippen LogP contribution in [-0.4, -0.2) is 21.6 Å². The molecule has 108 valence electrons. The lowest BCUT2D eigenvalue weighted by Crippen LogP contribution is -1.93. The average Bonchev–Trinajstić information content (AvgIpc) is 2.92. The van der Waals surface area contributed by atoms with Crippen molar-refractivity contribution < 1.29 is 9.84 Å². The normalized spacial score (nSPS) is 11.0. The molecule has 0 saturated heterocycles. The number of rotatable bonds is 4. The number of aliphatic hydroxyl groups excluding tert-OH is 1. The molecule has 1 N–H and O–H groups in total. The van der Waals surface area contributed by atoms with Crippen LogP contribution in [0.2, 0.25) is 0 Å². The van der Waals surface area contributed by atoms with E-state index in [-0.39, 0.29) is 6.61 Å². The molecule has 4 nitrogen and oxygen atoms in total. The summed E-state index contributed by atoms with van der Waals surface area (Å²) in [6.07, 6.45) is 2.86. The molecule has 4 heteroatoms. The van der Waals surface area contributed by atoms with Gasteiger partial charge in [0, 0.05) is 11.8 Å². The average molecular weight is 282 g/mol. The quantitative estimate of drug-likeness (QED) is 0.800. The zero-order valence-corrected chi connectivity index (χ0v) is 12.2. The first-order valence-corrected chi connectivity index (χ1v) is 7.02. The number of aryl methyl sites for hydroxylation is 1. The first-order chi connectivity index (χ1) is 10.3. The van der Waals surface area contributed by atoms with E-state index < -0.39 is 0 Å². The first-order valence-electron chi connectivity index (χ1n) is 7.02. The van der Waals surface area contributed by atoms with Crippen molar-refractivity contribution in [1.82, 2.24) is 9.38 Å². The molecule has 0 unspecified atom stereocenters. The molecule has 0 bridgehead atoms. The second-order valence-corrected chi connectivity index (χ2v) is 4.91. The molecule has 3 rings (SSSR count). The Kier molecular flexibility index (Phi) is 3.62. The number of hydrogen-bond donors (Lipinski definition) is 1. The summed E-state index contributed by atoms with van der Waals surface area (Å²) in [5, 5.41) is 9.25. The molecule has 0 aliphatic rings. The highest BCUT2D eigenvalue weighted by Gasteiger charge is 2.12. The highest BCUT2D eigenvalue weighted by molar-refractivity contribution is 5.67. The Morgan fingerprint density at radius 2 is 1.95 bits per heavy atom. The Morgan fingerprint density at radius 1 is 1.19 bits per heavy atom. The molecule has 0 radical (unpaired) electrons. The topological polar surface area (TPSA) is 46.8 Å². The van der Waals surface area contributed by atoms with Crippen molar-refractivity contribution >= 4 is 5.65 Å². The van der Waals surface area contributed by atoms with E-state index in [1.165, 1.54) is 5.69 Å². The number of pyridine rings is 1. The molecule has 0 aliphatic heterocycles. The van der Waals surface area contributed by atoms with Crippen LogP contribution in [0.15, 0.2) is 42.6 Å². The molecule has 0 spiro atoms. The molecular formula is C17H18N2O2. The van der Waals surface area contributed by atoms with E-state index in [0.29, 0.717) is 0 Å². The zero-order valence-electron chi connectivity index (χ0n) is 12.2. The zero-order chi connectivity index (χ0) is 14.8. The SMILES string of the molecule is CCc1c(-c2ccc(OC)cc2)nc2cc(CO)ccn12. The van der Waals surface area contributed by atoms with E-state index in [4.69, 9.17) is 9.72 Å². The van der Waals surface area contributed by atoms with Crippen molar-refractivity contribution in [2.24, 2.45) is 0 Å². The highest BCUT2D eigenvalue weighted by Crippen LogP contribution is 2.27. The Morgan fingerprint density at radius 3 is 2.57 bits per heavy atom. The maximum Gasteiger partial charge on any atom is 0.138 e. The second kappa shape index (κ2) is 5.58. The van der Waals surface area contributed by atoms with Gasteiger partial charge in [-0.1, -0.05) is 6.92 Å². The van der Waals surface area contributed by atoms with Crippen molar-refractivity contribution in [2.45, 2.75) is 20.0 Å². The van der Waals surface area contributed by atoms with Gasteiger partial charge in [0.25, 0.3) is 0 Å². The fourth-order valence-corrected chi connectivity index (χ4v) is 2.55. The maximum atomic E-state index is 9.25. The predicted octanol–water partition coefficient (Wildman–Crippen LogP) is 3.06. The first kappa shape index (κ1) is 13.6. The smallest absolute Gasteiger partial charge is 0.138 e. The lowest BCUT2D eigenvalue weighted by atomic mass is 10.1. The molecule has 0 saturated carbocycles. The largest absolute Gasteiger partial charge is 0.497 e. The van der Waals surface area contributed by atoms with Crippen molar-refractivity contribution in [3.63, 3.8) is 0 Å². The third kappa shape index (κ3) is 2.38. The summed E-state index contributed by atoms with van der Waals surface area (Å²) in [5.74, 6) is 0.836. The number of aromatic nitrogens is 2. The minimum atomic E-state index is 0.0304. The molecule has 2 heterocycles. The van der Waals surface area contributed by atoms with Gasteiger partial charge in [-0.3, -0.25) is 0 Å². The number of imidazole rings is 1. The Labute approximate surface area is 123 Å². The van der Waals surface area contributed by atoms with Crippen LogP contribution < -0.4 is 4.74 Å². The van der Waals surface area contributed by atoms with Gasteiger partial charge in [-0.25, -0.2) is 4.98 Å². The van der Waals surface area contributed by atoms with Gasteiger partial charge in [-0.2, -0.15) is 0 Å². The van der Waals surface area contributed by atoms with Crippen LogP contribution >= 0.6 is 0 Å². The van der Waals surface area contributed by atoms with Gasteiger partial charge in [0.15, 0.2) is 0 Å². The minimum Gasteiger partial charge on any atom is -0.497 e. The Balaban J connectivity index is 2.16. The van der Waals surface area contributed by atoms with Crippen molar-refractivity contribution in [2.75, 3.05) is 7.11 Å². The summed E-state index contributed by atoms with van der Waals surface area (Å²) in [4.78, 5) is 4.73. The summed E-state index contributed by atoms with van der Waals surface area (Å²) in [6, 6.07) is 11.8. The van der Waals surface area contributed by atoms with Gasteiger partial charge in [0.05, 0.1) is 25.1 Å². The monoisotopic (exact) mass is 282 g/mol. The minimum absolute atomic E-state index is 0.0304. The number of nitrogens with zero attached hydrogens (tertiary/aromatic N) is 2. The number of hydrogen-bond acceptors (Lipinski definition) is 3. The van der Waals surface area contributed by atoms with Crippen molar-refractivity contribution in [3.05, 3.63) is 53.9 Å². The molecular weight excluding hydrogens is 264 g/mol. The van der Waals surface area contributed by atoms with Crippen LogP contribution in [0.3, 0.4) is 0 Å². The molecule has 0 fully saturated rings. The summed E-state index contributed by atoms with van der Waals surface area (Å²) in [5.41, 5.74) is 4.96. The molecule has 1 aromatic carbocycles. The Bertz CT molecular complexity index is 760. The number of benzene rings is 1. The van der Waals surface area contributed by atoms with E-state index in [2.05, 4.69) is 11.3 Å². The summed E-state index contributed by atoms with van der Waals surface area (Å²) in [6.45, 7) is 2.15. The van der Waals surface area contributed by atoms with Crippen molar-refractivity contribution in [3.8, 4) is 17.0 Å². The number of aliphatic hydroxyl groups is 1. The molecule has 0 aliphatic carbocycles. The fraction of sp³-hybridized carbons (Fsp3) is 0.235. The van der Waals surface area contributed by atoms with Crippen LogP contribution in [0.4, 0.5) is 0 Å². The van der Waals surface area contributed by atoms with Crippen LogP contribution in [0.25, 0.3) is 16.9 Å². The van der Waals surface area contributed by atoms with Gasteiger partial charge in [-0.05, 0) is 48.4 Å². The van der Waals surface area contributed by atoms with Gasteiger partial charge in [0.1, 0.15) is 11.4 Å². The van der Waals surface area contributed by atoms with Gasteiger partial charge < -0.3 is 14.2 Å². The maximum absolute atomic E-state index is 9.25. The molecule has 3 aromatic rings. The van der Waals surface area contributed by atoms with E-state index in [0.717, 1.165) is 34.6 Å². The molecule has 21 heavy (non-hydrogen) atoms. The van der Waals surface area contributed by atoms with E-state index >= 15 is 0 Å². The molecule has 0 amide bonds. The van der Waals surface area contributed by atoms with Crippen LogP contribution in [-0.2, 0) is 13.0 Å². The summed E-state index contributed by atoms with van der Waals surface area (Å²) >= 11 is 0. The third-order valence-corrected chi connectivity index (χ3v) is 3.67. The van der Waals surface area contributed by atoms with E-state index in [1.54, 1.807) is 7.11 Å². The lowest BCUT2D eigenvalue weighted by Gasteiger charge is -2.04. The van der Waals surface area contributed by atoms with Gasteiger partial charge in [0.2, 0.25) is 0 Å². The molecule has 2 aromatic heterocycles. The van der Waals surface area contributed by atoms with Crippen molar-refractivity contribution in [1.29, 1.82) is 0 Å². The third-order valence-electron chi connectivity index (χ3n) is 3.67. The van der Waals surface area contributed by atoms with Crippen LogP contribution in [0.5, 0.6) is 5.75 Å². The fourth-order valence-electron chi connectivity index (χ4n) is 2.55. The van der Waals surface area contributed by atoms with Gasteiger partial charge in [-0.15, -0.1) is 0 Å². The lowest BCUT2D eigenvalue weighted by molar-refractivity contribution is 0.282. The van der Waals surface area contributed by atoms with Gasteiger partial charge >= 0.3 is 0 Å². The highest BCUT2D eigenvalue weighted by atomic mass is 16.5. The second-order valence-electron chi connectivity index (χ2n) is 4.91. The van der Waals surface area contributed by atoms with Crippen LogP contribution in [0, 0.1) is 0 Å². The standard InChI is InChI=1S/C17H18N2O2/c1-3-15-17(13-4-6-14(21-2)7-5-13)18-16-10-12(11-20)8-9-19(15)16/h4-10,20H,3,11H2,1-2H3.